The normalized spacial score (nSPS) is 16.6. The van der Waals surface area contributed by atoms with Crippen LogP contribution >= 0.6 is 0 Å². The predicted octanol–water partition coefficient (Wildman–Crippen LogP) is 4.37. The first-order valence-electron chi connectivity index (χ1n) is 9.88. The molecule has 1 aliphatic rings. The maximum Gasteiger partial charge on any atom is 0.229 e. The number of nitrogens with zero attached hydrogens (tertiary/aromatic N) is 1. The summed E-state index contributed by atoms with van der Waals surface area (Å²) in [5.41, 5.74) is 5.27. The van der Waals surface area contributed by atoms with Gasteiger partial charge in [-0.3, -0.25) is 9.59 Å². The Balaban J connectivity index is 1.79. The maximum absolute atomic E-state index is 12.9. The molecule has 2 aromatic carbocycles. The number of carbonyl (C=O) groups excluding carboxylic acids is 2. The molecule has 142 valence electrons. The summed E-state index contributed by atoms with van der Waals surface area (Å²) >= 11 is 0. The monoisotopic (exact) mass is 364 g/mol. The summed E-state index contributed by atoms with van der Waals surface area (Å²) in [7, 11) is 0. The highest BCUT2D eigenvalue weighted by molar-refractivity contribution is 6.04. The number of carbonyl (C=O) groups is 2. The van der Waals surface area contributed by atoms with E-state index in [2.05, 4.69) is 38.2 Å². The quantitative estimate of drug-likeness (QED) is 0.828. The number of amides is 2. The summed E-state index contributed by atoms with van der Waals surface area (Å²) < 4.78 is 0. The van der Waals surface area contributed by atoms with Gasteiger partial charge in [0.25, 0.3) is 0 Å². The van der Waals surface area contributed by atoms with E-state index in [4.69, 9.17) is 0 Å². The van der Waals surface area contributed by atoms with Crippen LogP contribution in [-0.2, 0) is 28.9 Å². The number of anilines is 2. The lowest BCUT2D eigenvalue weighted by molar-refractivity contribution is -0.122. The van der Waals surface area contributed by atoms with E-state index >= 15 is 0 Å². The Morgan fingerprint density at radius 2 is 1.56 bits per heavy atom. The van der Waals surface area contributed by atoms with Crippen LogP contribution in [0.2, 0.25) is 0 Å². The van der Waals surface area contributed by atoms with Crippen molar-refractivity contribution in [3.8, 4) is 0 Å². The summed E-state index contributed by atoms with van der Waals surface area (Å²) in [6.45, 7) is 6.70. The minimum absolute atomic E-state index is 0.0236. The van der Waals surface area contributed by atoms with Crippen molar-refractivity contribution in [2.45, 2.75) is 46.5 Å². The van der Waals surface area contributed by atoms with Crippen LogP contribution < -0.4 is 10.2 Å². The first kappa shape index (κ1) is 19.2. The molecule has 0 bridgehead atoms. The van der Waals surface area contributed by atoms with Crippen molar-refractivity contribution in [2.75, 3.05) is 16.8 Å². The van der Waals surface area contributed by atoms with Crippen LogP contribution in [0.1, 0.15) is 43.9 Å². The molecule has 4 heteroatoms. The third kappa shape index (κ3) is 3.90. The molecule has 0 aromatic heterocycles. The SMILES string of the molecule is CCc1ccccc1N1C[C@H](C(=O)Nc2c(CC)cccc2CC)CC1=O. The van der Waals surface area contributed by atoms with Gasteiger partial charge in [0.2, 0.25) is 11.8 Å². The van der Waals surface area contributed by atoms with Crippen LogP contribution in [0.4, 0.5) is 11.4 Å². The van der Waals surface area contributed by atoms with Crippen LogP contribution in [0.5, 0.6) is 0 Å². The van der Waals surface area contributed by atoms with Crippen molar-refractivity contribution in [1.29, 1.82) is 0 Å². The van der Waals surface area contributed by atoms with E-state index < -0.39 is 0 Å². The summed E-state index contributed by atoms with van der Waals surface area (Å²) in [5, 5.41) is 3.13. The molecule has 1 heterocycles. The van der Waals surface area contributed by atoms with Crippen molar-refractivity contribution in [3.05, 3.63) is 59.2 Å². The average molecular weight is 364 g/mol. The smallest absolute Gasteiger partial charge is 0.229 e. The molecule has 1 N–H and O–H groups in total. The molecule has 1 fully saturated rings. The van der Waals surface area contributed by atoms with Gasteiger partial charge < -0.3 is 10.2 Å². The minimum Gasteiger partial charge on any atom is -0.325 e. The van der Waals surface area contributed by atoms with Crippen molar-refractivity contribution in [3.63, 3.8) is 0 Å². The Morgan fingerprint density at radius 3 is 2.19 bits per heavy atom. The lowest BCUT2D eigenvalue weighted by atomic mass is 10.0. The molecule has 0 spiro atoms. The van der Waals surface area contributed by atoms with E-state index in [9.17, 15) is 9.59 Å². The lowest BCUT2D eigenvalue weighted by Crippen LogP contribution is -2.29. The van der Waals surface area contributed by atoms with Crippen LogP contribution in [0.15, 0.2) is 42.5 Å². The zero-order chi connectivity index (χ0) is 19.4. The Hall–Kier alpha value is -2.62. The van der Waals surface area contributed by atoms with Crippen LogP contribution in [0.25, 0.3) is 0 Å². The number of aryl methyl sites for hydroxylation is 3. The Morgan fingerprint density at radius 1 is 0.963 bits per heavy atom. The molecule has 0 saturated carbocycles. The molecule has 1 aliphatic heterocycles. The molecule has 1 atom stereocenters. The molecular formula is C23H28N2O2. The first-order chi connectivity index (χ1) is 13.1. The second kappa shape index (κ2) is 8.38. The van der Waals surface area contributed by atoms with E-state index in [0.29, 0.717) is 6.54 Å². The Bertz CT molecular complexity index is 822. The Kier molecular flexibility index (Phi) is 5.94. The molecule has 0 radical (unpaired) electrons. The van der Waals surface area contributed by atoms with Crippen LogP contribution in [0, 0.1) is 5.92 Å². The largest absolute Gasteiger partial charge is 0.325 e. The molecule has 0 aliphatic carbocycles. The highest BCUT2D eigenvalue weighted by Crippen LogP contribution is 2.30. The summed E-state index contributed by atoms with van der Waals surface area (Å²) in [5.74, 6) is -0.358. The maximum atomic E-state index is 12.9. The molecule has 1 saturated heterocycles. The summed E-state index contributed by atoms with van der Waals surface area (Å²) in [4.78, 5) is 27.3. The fraction of sp³-hybridized carbons (Fsp3) is 0.391. The second-order valence-corrected chi connectivity index (χ2v) is 7.04. The van der Waals surface area contributed by atoms with Crippen LogP contribution in [-0.4, -0.2) is 18.4 Å². The van der Waals surface area contributed by atoms with Gasteiger partial charge in [-0.1, -0.05) is 57.2 Å². The zero-order valence-electron chi connectivity index (χ0n) is 16.4. The van der Waals surface area contributed by atoms with E-state index in [1.165, 1.54) is 0 Å². The number of benzene rings is 2. The van der Waals surface area contributed by atoms with E-state index in [0.717, 1.165) is 47.3 Å². The fourth-order valence-electron chi connectivity index (χ4n) is 3.82. The molecule has 3 rings (SSSR count). The van der Waals surface area contributed by atoms with Gasteiger partial charge in [0.1, 0.15) is 0 Å². The summed E-state index contributed by atoms with van der Waals surface area (Å²) in [6.07, 6.45) is 2.85. The van der Waals surface area contributed by atoms with E-state index in [1.54, 1.807) is 4.90 Å². The number of para-hydroxylation sites is 2. The zero-order valence-corrected chi connectivity index (χ0v) is 16.4. The van der Waals surface area contributed by atoms with Crippen molar-refractivity contribution < 1.29 is 9.59 Å². The predicted molar refractivity (Wildman–Crippen MR) is 110 cm³/mol. The third-order valence-electron chi connectivity index (χ3n) is 5.41. The van der Waals surface area contributed by atoms with Gasteiger partial charge >= 0.3 is 0 Å². The first-order valence-corrected chi connectivity index (χ1v) is 9.88. The van der Waals surface area contributed by atoms with Gasteiger partial charge in [0.15, 0.2) is 0 Å². The van der Waals surface area contributed by atoms with Crippen LogP contribution in [0.3, 0.4) is 0 Å². The van der Waals surface area contributed by atoms with Gasteiger partial charge in [-0.05, 0) is 42.0 Å². The minimum atomic E-state index is -0.322. The molecule has 4 nitrogen and oxygen atoms in total. The third-order valence-corrected chi connectivity index (χ3v) is 5.41. The van der Waals surface area contributed by atoms with Gasteiger partial charge in [-0.25, -0.2) is 0 Å². The van der Waals surface area contributed by atoms with Crippen molar-refractivity contribution in [1.82, 2.24) is 0 Å². The highest BCUT2D eigenvalue weighted by Gasteiger charge is 2.36. The number of rotatable bonds is 6. The topological polar surface area (TPSA) is 49.4 Å². The lowest BCUT2D eigenvalue weighted by Gasteiger charge is -2.20. The highest BCUT2D eigenvalue weighted by atomic mass is 16.2. The van der Waals surface area contributed by atoms with Gasteiger partial charge in [-0.2, -0.15) is 0 Å². The number of nitrogens with one attached hydrogen (secondary N) is 1. The number of hydrogen-bond donors (Lipinski definition) is 1. The van der Waals surface area contributed by atoms with Crippen molar-refractivity contribution in [2.24, 2.45) is 5.92 Å². The standard InChI is InChI=1S/C23H28N2O2/c1-4-16-10-7-8-13-20(16)25-15-19(14-21(25)26)23(27)24-22-17(5-2)11-9-12-18(22)6-3/h7-13,19H,4-6,14-15H2,1-3H3,(H,24,27)/t19-/m1/s1. The van der Waals surface area contributed by atoms with Gasteiger partial charge in [0.05, 0.1) is 5.92 Å². The average Bonchev–Trinajstić information content (AvgIpc) is 3.09. The fourth-order valence-corrected chi connectivity index (χ4v) is 3.82. The van der Waals surface area contributed by atoms with Gasteiger partial charge in [-0.15, -0.1) is 0 Å². The molecule has 2 aromatic rings. The molecule has 2 amide bonds. The Labute approximate surface area is 161 Å². The van der Waals surface area contributed by atoms with E-state index in [-0.39, 0.29) is 24.2 Å². The number of hydrogen-bond acceptors (Lipinski definition) is 2. The van der Waals surface area contributed by atoms with E-state index in [1.807, 2.05) is 30.3 Å². The molecule has 27 heavy (non-hydrogen) atoms. The molecule has 0 unspecified atom stereocenters. The van der Waals surface area contributed by atoms with Crippen molar-refractivity contribution >= 4 is 23.2 Å². The molecular weight excluding hydrogens is 336 g/mol. The van der Waals surface area contributed by atoms with Gasteiger partial charge in [0, 0.05) is 24.3 Å². The second-order valence-electron chi connectivity index (χ2n) is 7.04. The summed E-state index contributed by atoms with van der Waals surface area (Å²) in [6, 6.07) is 14.1.